The molecule has 1 saturated carbocycles. The van der Waals surface area contributed by atoms with Crippen LogP contribution in [0, 0.1) is 11.8 Å². The van der Waals surface area contributed by atoms with Gasteiger partial charge in [0.2, 0.25) is 0 Å². The van der Waals surface area contributed by atoms with Crippen LogP contribution in [0.2, 0.25) is 0 Å². The number of hydrogen-bond donors (Lipinski definition) is 0. The second kappa shape index (κ2) is 7.19. The fourth-order valence-electron chi connectivity index (χ4n) is 3.62. The molecule has 3 heteroatoms. The Kier molecular flexibility index (Phi) is 5.95. The molecule has 3 nitrogen and oxygen atoms in total. The van der Waals surface area contributed by atoms with E-state index in [1.165, 1.54) is 52.0 Å². The van der Waals surface area contributed by atoms with E-state index in [9.17, 15) is 0 Å². The summed E-state index contributed by atoms with van der Waals surface area (Å²) in [6, 6.07) is 0. The van der Waals surface area contributed by atoms with Crippen LogP contribution < -0.4 is 0 Å². The average Bonchev–Trinajstić information content (AvgIpc) is 2.34. The standard InChI is InChI=1S/C19H38N2O/c1-18(2,3)21-11-9-20(10-12-21)8-7-16-13-17(14-16)15-22-19(4,5)6/h16-17H,7-15H2,1-6H3. The molecule has 1 aliphatic heterocycles. The summed E-state index contributed by atoms with van der Waals surface area (Å²) in [5, 5.41) is 0. The molecule has 0 aromatic carbocycles. The first kappa shape index (κ1) is 18.2. The zero-order valence-electron chi connectivity index (χ0n) is 15.8. The van der Waals surface area contributed by atoms with Crippen molar-refractivity contribution in [2.24, 2.45) is 11.8 Å². The molecule has 0 N–H and O–H groups in total. The predicted molar refractivity (Wildman–Crippen MR) is 94.3 cm³/mol. The van der Waals surface area contributed by atoms with Crippen LogP contribution in [0.25, 0.3) is 0 Å². The number of ether oxygens (including phenoxy) is 1. The Morgan fingerprint density at radius 1 is 0.864 bits per heavy atom. The zero-order valence-corrected chi connectivity index (χ0v) is 15.8. The monoisotopic (exact) mass is 310 g/mol. The average molecular weight is 311 g/mol. The quantitative estimate of drug-likeness (QED) is 0.771. The van der Waals surface area contributed by atoms with Gasteiger partial charge in [-0.1, -0.05) is 0 Å². The summed E-state index contributed by atoms with van der Waals surface area (Å²) in [7, 11) is 0. The van der Waals surface area contributed by atoms with Crippen molar-refractivity contribution in [2.75, 3.05) is 39.3 Å². The van der Waals surface area contributed by atoms with Gasteiger partial charge < -0.3 is 9.64 Å². The molecule has 0 atom stereocenters. The van der Waals surface area contributed by atoms with E-state index in [-0.39, 0.29) is 5.60 Å². The molecule has 130 valence electrons. The molecular formula is C19H38N2O. The molecule has 0 aromatic heterocycles. The van der Waals surface area contributed by atoms with Gasteiger partial charge in [-0.3, -0.25) is 4.90 Å². The highest BCUT2D eigenvalue weighted by molar-refractivity contribution is 4.84. The highest BCUT2D eigenvalue weighted by Crippen LogP contribution is 2.37. The maximum atomic E-state index is 5.90. The van der Waals surface area contributed by atoms with Crippen molar-refractivity contribution in [3.8, 4) is 0 Å². The summed E-state index contributed by atoms with van der Waals surface area (Å²) in [4.78, 5) is 5.29. The lowest BCUT2D eigenvalue weighted by molar-refractivity contribution is -0.0482. The van der Waals surface area contributed by atoms with Crippen LogP contribution in [0.1, 0.15) is 60.8 Å². The molecule has 0 radical (unpaired) electrons. The van der Waals surface area contributed by atoms with E-state index in [0.29, 0.717) is 5.54 Å². The number of piperazine rings is 1. The Hall–Kier alpha value is -0.120. The minimum atomic E-state index is 0.0256. The largest absolute Gasteiger partial charge is 0.376 e. The lowest BCUT2D eigenvalue weighted by atomic mass is 9.73. The molecule has 0 amide bonds. The molecule has 2 aliphatic rings. The second-order valence-corrected chi connectivity index (χ2v) is 9.42. The van der Waals surface area contributed by atoms with Crippen LogP contribution in [0.4, 0.5) is 0 Å². The SMILES string of the molecule is CC(C)(C)OCC1CC(CCN2CCN(C(C)(C)C)CC2)C1. The lowest BCUT2D eigenvalue weighted by Crippen LogP contribution is -2.53. The van der Waals surface area contributed by atoms with Crippen molar-refractivity contribution in [1.82, 2.24) is 9.80 Å². The summed E-state index contributed by atoms with van der Waals surface area (Å²) < 4.78 is 5.90. The van der Waals surface area contributed by atoms with Gasteiger partial charge in [0, 0.05) is 31.7 Å². The Bertz CT molecular complexity index is 328. The van der Waals surface area contributed by atoms with Gasteiger partial charge in [-0.05, 0) is 79.2 Å². The molecule has 0 spiro atoms. The van der Waals surface area contributed by atoms with Gasteiger partial charge in [0.05, 0.1) is 12.2 Å². The second-order valence-electron chi connectivity index (χ2n) is 9.42. The van der Waals surface area contributed by atoms with Gasteiger partial charge in [-0.2, -0.15) is 0 Å². The molecule has 2 fully saturated rings. The first-order valence-corrected chi connectivity index (χ1v) is 9.25. The van der Waals surface area contributed by atoms with E-state index < -0.39 is 0 Å². The molecule has 0 bridgehead atoms. The van der Waals surface area contributed by atoms with E-state index in [2.05, 4.69) is 51.3 Å². The van der Waals surface area contributed by atoms with Gasteiger partial charge in [-0.25, -0.2) is 0 Å². The van der Waals surface area contributed by atoms with Crippen molar-refractivity contribution in [3.63, 3.8) is 0 Å². The van der Waals surface area contributed by atoms with Crippen LogP contribution in [0.5, 0.6) is 0 Å². The van der Waals surface area contributed by atoms with E-state index >= 15 is 0 Å². The van der Waals surface area contributed by atoms with Crippen molar-refractivity contribution in [1.29, 1.82) is 0 Å². The normalized spacial score (nSPS) is 28.6. The molecule has 22 heavy (non-hydrogen) atoms. The van der Waals surface area contributed by atoms with E-state index in [1.54, 1.807) is 0 Å². The molecule has 1 heterocycles. The Labute approximate surface area is 138 Å². The number of hydrogen-bond acceptors (Lipinski definition) is 3. The third kappa shape index (κ3) is 5.82. The predicted octanol–water partition coefficient (Wildman–Crippen LogP) is 3.63. The highest BCUT2D eigenvalue weighted by atomic mass is 16.5. The maximum absolute atomic E-state index is 5.90. The van der Waals surface area contributed by atoms with Crippen LogP contribution in [-0.2, 0) is 4.74 Å². The minimum Gasteiger partial charge on any atom is -0.376 e. The Morgan fingerprint density at radius 3 is 1.95 bits per heavy atom. The Balaban J connectivity index is 1.54. The van der Waals surface area contributed by atoms with Crippen LogP contribution in [0.15, 0.2) is 0 Å². The van der Waals surface area contributed by atoms with Gasteiger partial charge in [0.25, 0.3) is 0 Å². The van der Waals surface area contributed by atoms with Gasteiger partial charge in [0.1, 0.15) is 0 Å². The minimum absolute atomic E-state index is 0.0256. The molecule has 1 aliphatic carbocycles. The summed E-state index contributed by atoms with van der Waals surface area (Å²) in [5.74, 6) is 1.77. The van der Waals surface area contributed by atoms with Crippen molar-refractivity contribution in [2.45, 2.75) is 71.9 Å². The smallest absolute Gasteiger partial charge is 0.0598 e. The fraction of sp³-hybridized carbons (Fsp3) is 1.00. The Morgan fingerprint density at radius 2 is 1.45 bits per heavy atom. The van der Waals surface area contributed by atoms with Crippen LogP contribution in [0.3, 0.4) is 0 Å². The molecule has 1 saturated heterocycles. The van der Waals surface area contributed by atoms with Gasteiger partial charge in [0.15, 0.2) is 0 Å². The van der Waals surface area contributed by atoms with Crippen molar-refractivity contribution < 1.29 is 4.74 Å². The van der Waals surface area contributed by atoms with E-state index in [4.69, 9.17) is 4.74 Å². The van der Waals surface area contributed by atoms with Gasteiger partial charge in [-0.15, -0.1) is 0 Å². The van der Waals surface area contributed by atoms with Gasteiger partial charge >= 0.3 is 0 Å². The first-order valence-electron chi connectivity index (χ1n) is 9.25. The van der Waals surface area contributed by atoms with Crippen LogP contribution in [-0.4, -0.2) is 60.3 Å². The first-order chi connectivity index (χ1) is 10.1. The zero-order chi connectivity index (χ0) is 16.4. The topological polar surface area (TPSA) is 15.7 Å². The molecule has 0 aromatic rings. The molecular weight excluding hydrogens is 272 g/mol. The molecule has 2 rings (SSSR count). The summed E-state index contributed by atoms with van der Waals surface area (Å²) in [6.45, 7) is 20.7. The maximum Gasteiger partial charge on any atom is 0.0598 e. The molecule has 0 unspecified atom stereocenters. The highest BCUT2D eigenvalue weighted by Gasteiger charge is 2.31. The third-order valence-corrected chi connectivity index (χ3v) is 5.26. The van der Waals surface area contributed by atoms with E-state index in [0.717, 1.165) is 18.4 Å². The fourth-order valence-corrected chi connectivity index (χ4v) is 3.62. The van der Waals surface area contributed by atoms with Crippen molar-refractivity contribution in [3.05, 3.63) is 0 Å². The lowest BCUT2D eigenvalue weighted by Gasteiger charge is -2.43. The summed E-state index contributed by atoms with van der Waals surface area (Å²) >= 11 is 0. The third-order valence-electron chi connectivity index (χ3n) is 5.26. The van der Waals surface area contributed by atoms with Crippen molar-refractivity contribution >= 4 is 0 Å². The number of rotatable bonds is 5. The summed E-state index contributed by atoms with van der Waals surface area (Å²) in [5.41, 5.74) is 0.359. The van der Waals surface area contributed by atoms with Crippen LogP contribution >= 0.6 is 0 Å². The van der Waals surface area contributed by atoms with E-state index in [1.807, 2.05) is 0 Å². The number of nitrogens with zero attached hydrogens (tertiary/aromatic N) is 2. The summed E-state index contributed by atoms with van der Waals surface area (Å²) in [6.07, 6.45) is 4.16.